The van der Waals surface area contributed by atoms with Gasteiger partial charge in [-0.15, -0.1) is 0 Å². The molecule has 0 radical (unpaired) electrons. The number of nitrogens with zero attached hydrogens (tertiary/aromatic N) is 1. The Labute approximate surface area is 124 Å². The third-order valence-corrected chi connectivity index (χ3v) is 3.63. The van der Waals surface area contributed by atoms with Gasteiger partial charge >= 0.3 is 0 Å². The topological polar surface area (TPSA) is 32.7 Å². The van der Waals surface area contributed by atoms with Gasteiger partial charge in [-0.3, -0.25) is 4.90 Å². The Kier molecular flexibility index (Phi) is 6.14. The van der Waals surface area contributed by atoms with E-state index in [1.807, 2.05) is 12.1 Å². The average Bonchev–Trinajstić information content (AvgIpc) is 2.31. The predicted octanol–water partition coefficient (Wildman–Crippen LogP) is 4.03. The normalized spacial score (nSPS) is 11.6. The van der Waals surface area contributed by atoms with Gasteiger partial charge in [-0.25, -0.2) is 0 Å². The summed E-state index contributed by atoms with van der Waals surface area (Å²) < 4.78 is 5.87. The number of hydrogen-bond donors (Lipinski definition) is 1. The van der Waals surface area contributed by atoms with Gasteiger partial charge in [-0.2, -0.15) is 0 Å². The van der Waals surface area contributed by atoms with Gasteiger partial charge in [-0.05, 0) is 53.4 Å². The number of phenols is 1. The lowest BCUT2D eigenvalue weighted by Gasteiger charge is -2.28. The molecule has 0 atom stereocenters. The van der Waals surface area contributed by atoms with Crippen molar-refractivity contribution in [3.8, 4) is 11.5 Å². The van der Waals surface area contributed by atoms with Crippen LogP contribution in [0.15, 0.2) is 16.6 Å². The summed E-state index contributed by atoms with van der Waals surface area (Å²) in [6.45, 7) is 10.8. The average molecular weight is 330 g/mol. The molecule has 0 saturated heterocycles. The number of ether oxygens (including phenoxy) is 1. The molecular weight excluding hydrogens is 306 g/mol. The highest BCUT2D eigenvalue weighted by Gasteiger charge is 2.14. The summed E-state index contributed by atoms with van der Waals surface area (Å²) in [7, 11) is 1.57. The van der Waals surface area contributed by atoms with Gasteiger partial charge in [-0.1, -0.05) is 13.8 Å². The standard InChI is InChI=1S/C15H24BrNO2/c1-10(2)8-17(11(3)4)9-12-6-13(16)15(18)14(7-12)19-5/h6-7,10-11,18H,8-9H2,1-5H3. The van der Waals surface area contributed by atoms with Gasteiger partial charge < -0.3 is 9.84 Å². The van der Waals surface area contributed by atoms with Gasteiger partial charge in [0.25, 0.3) is 0 Å². The molecule has 0 aliphatic carbocycles. The highest BCUT2D eigenvalue weighted by atomic mass is 79.9. The SMILES string of the molecule is COc1cc(CN(CC(C)C)C(C)C)cc(Br)c1O. The summed E-state index contributed by atoms with van der Waals surface area (Å²) in [5, 5.41) is 9.83. The van der Waals surface area contributed by atoms with Crippen LogP contribution in [0.2, 0.25) is 0 Å². The zero-order chi connectivity index (χ0) is 14.6. The zero-order valence-electron chi connectivity index (χ0n) is 12.4. The van der Waals surface area contributed by atoms with Crippen LogP contribution in [0.25, 0.3) is 0 Å². The maximum Gasteiger partial charge on any atom is 0.172 e. The molecule has 4 heteroatoms. The monoisotopic (exact) mass is 329 g/mol. The van der Waals surface area contributed by atoms with E-state index < -0.39 is 0 Å². The molecule has 0 aromatic heterocycles. The summed E-state index contributed by atoms with van der Waals surface area (Å²) in [5.41, 5.74) is 1.14. The number of benzene rings is 1. The van der Waals surface area contributed by atoms with E-state index >= 15 is 0 Å². The molecule has 0 fully saturated rings. The van der Waals surface area contributed by atoms with E-state index in [0.717, 1.165) is 18.7 Å². The Morgan fingerprint density at radius 1 is 1.26 bits per heavy atom. The molecule has 1 rings (SSSR count). The molecule has 0 aliphatic rings. The van der Waals surface area contributed by atoms with Crippen molar-refractivity contribution < 1.29 is 9.84 Å². The fourth-order valence-electron chi connectivity index (χ4n) is 2.04. The fourth-order valence-corrected chi connectivity index (χ4v) is 2.53. The van der Waals surface area contributed by atoms with Crippen molar-refractivity contribution in [2.75, 3.05) is 13.7 Å². The minimum atomic E-state index is 0.159. The van der Waals surface area contributed by atoms with E-state index in [1.54, 1.807) is 7.11 Å². The van der Waals surface area contributed by atoms with Crippen LogP contribution in [-0.2, 0) is 6.54 Å². The molecule has 1 aromatic rings. The summed E-state index contributed by atoms with van der Waals surface area (Å²) in [6, 6.07) is 4.34. The van der Waals surface area contributed by atoms with Crippen molar-refractivity contribution in [1.82, 2.24) is 4.90 Å². The second-order valence-corrected chi connectivity index (χ2v) is 6.40. The number of aromatic hydroxyl groups is 1. The third-order valence-electron chi connectivity index (χ3n) is 3.02. The number of methoxy groups -OCH3 is 1. The zero-order valence-corrected chi connectivity index (χ0v) is 14.0. The molecule has 108 valence electrons. The minimum absolute atomic E-state index is 0.159. The van der Waals surface area contributed by atoms with Crippen LogP contribution in [0.1, 0.15) is 33.3 Å². The smallest absolute Gasteiger partial charge is 0.172 e. The van der Waals surface area contributed by atoms with Crippen molar-refractivity contribution in [3.63, 3.8) is 0 Å². The second-order valence-electron chi connectivity index (χ2n) is 5.55. The summed E-state index contributed by atoms with van der Waals surface area (Å²) in [4.78, 5) is 2.42. The van der Waals surface area contributed by atoms with Crippen LogP contribution >= 0.6 is 15.9 Å². The molecule has 1 aromatic carbocycles. The number of halogens is 1. The van der Waals surface area contributed by atoms with Crippen molar-refractivity contribution in [1.29, 1.82) is 0 Å². The molecule has 0 amide bonds. The van der Waals surface area contributed by atoms with Crippen LogP contribution in [0.3, 0.4) is 0 Å². The first-order valence-electron chi connectivity index (χ1n) is 6.64. The van der Waals surface area contributed by atoms with Crippen molar-refractivity contribution >= 4 is 15.9 Å². The van der Waals surface area contributed by atoms with E-state index in [9.17, 15) is 5.11 Å². The minimum Gasteiger partial charge on any atom is -0.503 e. The van der Waals surface area contributed by atoms with Crippen LogP contribution < -0.4 is 4.74 Å². The van der Waals surface area contributed by atoms with Crippen LogP contribution in [0.5, 0.6) is 11.5 Å². The van der Waals surface area contributed by atoms with Crippen molar-refractivity contribution in [2.45, 2.75) is 40.3 Å². The largest absolute Gasteiger partial charge is 0.503 e. The maximum atomic E-state index is 9.83. The maximum absolute atomic E-state index is 9.83. The lowest BCUT2D eigenvalue weighted by molar-refractivity contribution is 0.189. The lowest BCUT2D eigenvalue weighted by Crippen LogP contribution is -2.33. The summed E-state index contributed by atoms with van der Waals surface area (Å²) in [5.74, 6) is 1.30. The Morgan fingerprint density at radius 2 is 1.89 bits per heavy atom. The molecule has 19 heavy (non-hydrogen) atoms. The van der Waals surface area contributed by atoms with E-state index in [4.69, 9.17) is 4.74 Å². The Hall–Kier alpha value is -0.740. The number of phenolic OH excluding ortho intramolecular Hbond substituents is 1. The lowest BCUT2D eigenvalue weighted by atomic mass is 10.1. The highest BCUT2D eigenvalue weighted by molar-refractivity contribution is 9.10. The molecule has 0 bridgehead atoms. The molecular formula is C15H24BrNO2. The van der Waals surface area contributed by atoms with E-state index in [1.165, 1.54) is 0 Å². The molecule has 0 unspecified atom stereocenters. The van der Waals surface area contributed by atoms with Crippen LogP contribution in [-0.4, -0.2) is 29.7 Å². The first-order chi connectivity index (χ1) is 8.85. The molecule has 0 saturated carbocycles. The fraction of sp³-hybridized carbons (Fsp3) is 0.600. The van der Waals surface area contributed by atoms with E-state index in [0.29, 0.717) is 22.2 Å². The first-order valence-corrected chi connectivity index (χ1v) is 7.43. The molecule has 1 N–H and O–H groups in total. The molecule has 0 spiro atoms. The predicted molar refractivity (Wildman–Crippen MR) is 82.7 cm³/mol. The summed E-state index contributed by atoms with van der Waals surface area (Å²) in [6.07, 6.45) is 0. The van der Waals surface area contributed by atoms with Gasteiger partial charge in [0.1, 0.15) is 0 Å². The second kappa shape index (κ2) is 7.15. The number of rotatable bonds is 6. The van der Waals surface area contributed by atoms with E-state index in [2.05, 4.69) is 48.5 Å². The van der Waals surface area contributed by atoms with Gasteiger partial charge in [0.05, 0.1) is 11.6 Å². The van der Waals surface area contributed by atoms with Gasteiger partial charge in [0.2, 0.25) is 0 Å². The quantitative estimate of drug-likeness (QED) is 0.855. The van der Waals surface area contributed by atoms with Crippen LogP contribution in [0.4, 0.5) is 0 Å². The molecule has 0 aliphatic heterocycles. The first kappa shape index (κ1) is 16.3. The highest BCUT2D eigenvalue weighted by Crippen LogP contribution is 2.35. The van der Waals surface area contributed by atoms with E-state index in [-0.39, 0.29) is 5.75 Å². The van der Waals surface area contributed by atoms with Gasteiger partial charge in [0.15, 0.2) is 11.5 Å². The van der Waals surface area contributed by atoms with Crippen LogP contribution in [0, 0.1) is 5.92 Å². The number of hydrogen-bond acceptors (Lipinski definition) is 3. The summed E-state index contributed by atoms with van der Waals surface area (Å²) >= 11 is 3.37. The van der Waals surface area contributed by atoms with Crippen molar-refractivity contribution in [3.05, 3.63) is 22.2 Å². The van der Waals surface area contributed by atoms with Crippen molar-refractivity contribution in [2.24, 2.45) is 5.92 Å². The van der Waals surface area contributed by atoms with Gasteiger partial charge in [0, 0.05) is 19.1 Å². The Morgan fingerprint density at radius 3 is 2.37 bits per heavy atom. The Balaban J connectivity index is 2.93. The molecule has 3 nitrogen and oxygen atoms in total. The molecule has 0 heterocycles. The Bertz CT molecular complexity index is 419. The third kappa shape index (κ3) is 4.69.